The third-order valence-electron chi connectivity index (χ3n) is 4.22. The molecule has 0 fully saturated rings. The molecule has 0 spiro atoms. The van der Waals surface area contributed by atoms with Gasteiger partial charge in [-0.15, -0.1) is 22.6 Å². The van der Waals surface area contributed by atoms with Crippen molar-refractivity contribution in [2.45, 2.75) is 26.0 Å². The Labute approximate surface area is 205 Å². The molecular formula is C21H23Cl2FN4O4S. The second-order valence-electron chi connectivity index (χ2n) is 7.17. The average molecular weight is 517 g/mol. The number of aliphatic hydroxyl groups is 1. The summed E-state index contributed by atoms with van der Waals surface area (Å²) in [5.74, 6) is -0.992. The first-order valence-electron chi connectivity index (χ1n) is 9.62. The number of halogens is 3. The molecule has 0 aliphatic carbocycles. The molecular weight excluding hydrogens is 494 g/mol. The van der Waals surface area contributed by atoms with Crippen LogP contribution in [0.1, 0.15) is 24.2 Å². The van der Waals surface area contributed by atoms with E-state index in [1.807, 2.05) is 13.8 Å². The van der Waals surface area contributed by atoms with Gasteiger partial charge in [0.2, 0.25) is 0 Å². The highest BCUT2D eigenvalue weighted by atomic mass is 35.5. The van der Waals surface area contributed by atoms with Crippen LogP contribution in [0.25, 0.3) is 21.1 Å². The van der Waals surface area contributed by atoms with Crippen LogP contribution in [0.4, 0.5) is 4.39 Å². The molecule has 33 heavy (non-hydrogen) atoms. The van der Waals surface area contributed by atoms with E-state index in [0.717, 1.165) is 0 Å². The fraction of sp³-hybridized carbons (Fsp3) is 0.286. The predicted molar refractivity (Wildman–Crippen MR) is 128 cm³/mol. The lowest BCUT2D eigenvalue weighted by molar-refractivity contribution is 0.0994. The van der Waals surface area contributed by atoms with Gasteiger partial charge in [-0.2, -0.15) is 0 Å². The van der Waals surface area contributed by atoms with Crippen molar-refractivity contribution in [3.8, 4) is 32.6 Å². The van der Waals surface area contributed by atoms with Gasteiger partial charge in [-0.1, -0.05) is 22.9 Å². The molecule has 2 aromatic carbocycles. The Bertz CT molecular complexity index is 1130. The van der Waals surface area contributed by atoms with Gasteiger partial charge < -0.3 is 26.0 Å². The molecule has 0 aliphatic rings. The van der Waals surface area contributed by atoms with Crippen LogP contribution in [0.2, 0.25) is 5.02 Å². The Morgan fingerprint density at radius 1 is 1.21 bits per heavy atom. The third kappa shape index (κ3) is 6.52. The molecule has 178 valence electrons. The maximum absolute atomic E-state index is 14.5. The van der Waals surface area contributed by atoms with Gasteiger partial charge in [-0.05, 0) is 38.1 Å². The molecule has 12 heteroatoms. The summed E-state index contributed by atoms with van der Waals surface area (Å²) in [6.07, 6.45) is -0.129. The van der Waals surface area contributed by atoms with Crippen LogP contribution in [0.3, 0.4) is 0 Å². The van der Waals surface area contributed by atoms with E-state index in [9.17, 15) is 9.18 Å². The van der Waals surface area contributed by atoms with E-state index in [1.165, 1.54) is 23.5 Å². The van der Waals surface area contributed by atoms with Crippen molar-refractivity contribution < 1.29 is 23.8 Å². The maximum Gasteiger partial charge on any atom is 0.252 e. The third-order valence-corrected chi connectivity index (χ3v) is 5.54. The normalized spacial score (nSPS) is 11.7. The van der Waals surface area contributed by atoms with Crippen molar-refractivity contribution in [3.05, 3.63) is 46.7 Å². The Hall–Kier alpha value is -2.50. The summed E-state index contributed by atoms with van der Waals surface area (Å²) in [5.41, 5.74) is 12.2. The number of carbonyl (C=O) groups excluding carboxylic acids is 1. The van der Waals surface area contributed by atoms with Crippen molar-refractivity contribution in [2.24, 2.45) is 11.5 Å². The molecule has 3 rings (SSSR count). The molecule has 8 nitrogen and oxygen atoms in total. The van der Waals surface area contributed by atoms with E-state index in [2.05, 4.69) is 10.2 Å². The van der Waals surface area contributed by atoms with Crippen molar-refractivity contribution in [1.82, 2.24) is 10.2 Å². The second-order valence-corrected chi connectivity index (χ2v) is 8.56. The Morgan fingerprint density at radius 3 is 2.55 bits per heavy atom. The standard InChI is InChI=1S/C21H22ClFN4O4S.ClH/c1-10(2)31-17-4-3-11(5-14(17)19(25)29)20-26-27-21(32-20)13-6-16(23)18(7-15(13)22)30-9-12(24)8-28;/h3-7,10,12,28H,8-9,24H2,1-2H3,(H2,25,29);1H/t12-;/m0./s1. The first kappa shape index (κ1) is 26.7. The zero-order chi connectivity index (χ0) is 23.4. The number of primary amides is 1. The highest BCUT2D eigenvalue weighted by molar-refractivity contribution is 7.18. The number of aromatic nitrogens is 2. The van der Waals surface area contributed by atoms with Gasteiger partial charge in [0.25, 0.3) is 5.91 Å². The molecule has 3 aromatic rings. The number of nitrogens with zero attached hydrogens (tertiary/aromatic N) is 2. The van der Waals surface area contributed by atoms with Crippen LogP contribution in [-0.4, -0.2) is 46.6 Å². The van der Waals surface area contributed by atoms with Gasteiger partial charge in [-0.25, -0.2) is 4.39 Å². The number of aliphatic hydroxyl groups excluding tert-OH is 1. The molecule has 0 saturated carbocycles. The highest BCUT2D eigenvalue weighted by Crippen LogP contribution is 2.38. The summed E-state index contributed by atoms with van der Waals surface area (Å²) in [6.45, 7) is 3.33. The van der Waals surface area contributed by atoms with Gasteiger partial charge in [0.1, 0.15) is 22.4 Å². The molecule has 1 atom stereocenters. The number of hydrogen-bond acceptors (Lipinski definition) is 8. The lowest BCUT2D eigenvalue weighted by Gasteiger charge is -2.13. The molecule has 1 heterocycles. The predicted octanol–water partition coefficient (Wildman–Crippen LogP) is 3.67. The first-order chi connectivity index (χ1) is 15.2. The Morgan fingerprint density at radius 2 is 1.91 bits per heavy atom. The van der Waals surface area contributed by atoms with E-state index in [0.29, 0.717) is 26.9 Å². The fourth-order valence-corrected chi connectivity index (χ4v) is 3.88. The molecule has 5 N–H and O–H groups in total. The van der Waals surface area contributed by atoms with Crippen LogP contribution >= 0.6 is 35.3 Å². The molecule has 0 unspecified atom stereocenters. The van der Waals surface area contributed by atoms with Crippen molar-refractivity contribution in [1.29, 1.82) is 0 Å². The van der Waals surface area contributed by atoms with Crippen LogP contribution < -0.4 is 20.9 Å². The molecule has 1 amide bonds. The minimum atomic E-state index is -0.655. The first-order valence-corrected chi connectivity index (χ1v) is 10.8. The number of ether oxygens (including phenoxy) is 2. The van der Waals surface area contributed by atoms with Crippen molar-refractivity contribution in [3.63, 3.8) is 0 Å². The minimum Gasteiger partial charge on any atom is -0.490 e. The molecule has 0 radical (unpaired) electrons. The van der Waals surface area contributed by atoms with E-state index in [-0.39, 0.29) is 48.1 Å². The summed E-state index contributed by atoms with van der Waals surface area (Å²) in [4.78, 5) is 11.9. The number of benzene rings is 2. The summed E-state index contributed by atoms with van der Waals surface area (Å²) >= 11 is 7.48. The van der Waals surface area contributed by atoms with E-state index >= 15 is 0 Å². The zero-order valence-corrected chi connectivity index (χ0v) is 20.1. The van der Waals surface area contributed by atoms with Crippen LogP contribution in [-0.2, 0) is 0 Å². The van der Waals surface area contributed by atoms with E-state index in [1.54, 1.807) is 18.2 Å². The van der Waals surface area contributed by atoms with Crippen molar-refractivity contribution in [2.75, 3.05) is 13.2 Å². The second kappa shape index (κ2) is 11.6. The SMILES string of the molecule is CC(C)Oc1ccc(-c2nnc(-c3cc(F)c(OC[C@@H](N)CO)cc3Cl)s2)cc1C(N)=O.Cl. The Balaban J connectivity index is 0.00000385. The lowest BCUT2D eigenvalue weighted by Crippen LogP contribution is -2.31. The topological polar surface area (TPSA) is 134 Å². The summed E-state index contributed by atoms with van der Waals surface area (Å²) in [5, 5.41) is 18.3. The molecule has 0 aliphatic heterocycles. The van der Waals surface area contributed by atoms with Gasteiger partial charge in [0, 0.05) is 17.2 Å². The summed E-state index contributed by atoms with van der Waals surface area (Å²) < 4.78 is 25.4. The highest BCUT2D eigenvalue weighted by Gasteiger charge is 2.18. The number of carbonyl (C=O) groups is 1. The van der Waals surface area contributed by atoms with Crippen LogP contribution in [0.5, 0.6) is 11.5 Å². The van der Waals surface area contributed by atoms with E-state index < -0.39 is 17.8 Å². The van der Waals surface area contributed by atoms with Gasteiger partial charge in [0.15, 0.2) is 11.6 Å². The molecule has 0 saturated heterocycles. The molecule has 1 aromatic heterocycles. The monoisotopic (exact) mass is 516 g/mol. The number of rotatable bonds is 9. The van der Waals surface area contributed by atoms with Crippen LogP contribution in [0, 0.1) is 5.82 Å². The number of amides is 1. The quantitative estimate of drug-likeness (QED) is 0.394. The van der Waals surface area contributed by atoms with Gasteiger partial charge in [0.05, 0.1) is 29.3 Å². The summed E-state index contributed by atoms with van der Waals surface area (Å²) in [7, 11) is 0. The van der Waals surface area contributed by atoms with Gasteiger partial charge >= 0.3 is 0 Å². The minimum absolute atomic E-state index is 0. The number of hydrogen-bond donors (Lipinski definition) is 3. The zero-order valence-electron chi connectivity index (χ0n) is 17.7. The fourth-order valence-electron chi connectivity index (χ4n) is 2.71. The van der Waals surface area contributed by atoms with Crippen molar-refractivity contribution >= 4 is 41.3 Å². The van der Waals surface area contributed by atoms with Crippen LogP contribution in [0.15, 0.2) is 30.3 Å². The van der Waals surface area contributed by atoms with E-state index in [4.69, 9.17) is 37.6 Å². The van der Waals surface area contributed by atoms with Gasteiger partial charge in [-0.3, -0.25) is 4.79 Å². The lowest BCUT2D eigenvalue weighted by atomic mass is 10.1. The average Bonchev–Trinajstić information content (AvgIpc) is 3.23. The Kier molecular flexibility index (Phi) is 9.38. The smallest absolute Gasteiger partial charge is 0.252 e. The maximum atomic E-state index is 14.5. The largest absolute Gasteiger partial charge is 0.490 e. The number of nitrogens with two attached hydrogens (primary N) is 2. The summed E-state index contributed by atoms with van der Waals surface area (Å²) in [6, 6.07) is 6.83. The molecule has 0 bridgehead atoms.